The van der Waals surface area contributed by atoms with E-state index in [2.05, 4.69) is 10.3 Å². The number of nitrogens with zero attached hydrogens (tertiary/aromatic N) is 2. The molecule has 0 saturated heterocycles. The highest BCUT2D eigenvalue weighted by Crippen LogP contribution is 2.27. The Morgan fingerprint density at radius 3 is 2.86 bits per heavy atom. The van der Waals surface area contributed by atoms with E-state index in [4.69, 9.17) is 16.3 Å². The SMILES string of the molecule is COc1ccc(NC(=O)C[n+]2c([N+](=O)[O-])c[nH]c2C)cc1Cl. The molecule has 0 saturated carbocycles. The Morgan fingerprint density at radius 1 is 1.55 bits per heavy atom. The number of anilines is 1. The number of nitro groups is 1. The van der Waals surface area contributed by atoms with Crippen molar-refractivity contribution in [1.29, 1.82) is 0 Å². The molecule has 2 N–H and O–H groups in total. The number of ether oxygens (including phenoxy) is 1. The molecule has 0 radical (unpaired) electrons. The number of carbonyl (C=O) groups excluding carboxylic acids is 1. The first kappa shape index (κ1) is 15.8. The van der Waals surface area contributed by atoms with E-state index in [1.807, 2.05) is 0 Å². The molecule has 0 atom stereocenters. The molecule has 0 aliphatic rings. The van der Waals surface area contributed by atoms with Crippen molar-refractivity contribution in [2.75, 3.05) is 12.4 Å². The molecule has 22 heavy (non-hydrogen) atoms. The molecule has 0 bridgehead atoms. The van der Waals surface area contributed by atoms with Crippen LogP contribution in [0.2, 0.25) is 5.02 Å². The average Bonchev–Trinajstić information content (AvgIpc) is 2.80. The van der Waals surface area contributed by atoms with Crippen LogP contribution in [0.25, 0.3) is 0 Å². The number of benzene rings is 1. The average molecular weight is 326 g/mol. The van der Waals surface area contributed by atoms with Crippen LogP contribution >= 0.6 is 11.6 Å². The number of aryl methyl sites for hydroxylation is 1. The number of amides is 1. The number of imidazole rings is 1. The Morgan fingerprint density at radius 2 is 2.27 bits per heavy atom. The van der Waals surface area contributed by atoms with Crippen molar-refractivity contribution in [3.8, 4) is 5.75 Å². The summed E-state index contributed by atoms with van der Waals surface area (Å²) in [5.74, 6) is 0.415. The van der Waals surface area contributed by atoms with Crippen molar-refractivity contribution in [3.63, 3.8) is 0 Å². The first-order valence-electron chi connectivity index (χ1n) is 6.28. The number of hydrogen-bond acceptors (Lipinski definition) is 4. The molecule has 0 fully saturated rings. The number of nitrogens with one attached hydrogen (secondary N) is 2. The molecule has 0 aliphatic carbocycles. The summed E-state index contributed by atoms with van der Waals surface area (Å²) in [5, 5.41) is 13.9. The lowest BCUT2D eigenvalue weighted by molar-refractivity contribution is -0.728. The summed E-state index contributed by atoms with van der Waals surface area (Å²) in [6.07, 6.45) is 1.24. The van der Waals surface area contributed by atoms with E-state index in [9.17, 15) is 14.9 Å². The van der Waals surface area contributed by atoms with Gasteiger partial charge in [-0.1, -0.05) is 11.6 Å². The van der Waals surface area contributed by atoms with Gasteiger partial charge in [0, 0.05) is 10.6 Å². The van der Waals surface area contributed by atoms with Gasteiger partial charge in [0.25, 0.3) is 5.91 Å². The maximum atomic E-state index is 12.0. The minimum absolute atomic E-state index is 0.180. The second-order valence-corrected chi connectivity index (χ2v) is 4.88. The van der Waals surface area contributed by atoms with E-state index < -0.39 is 10.8 Å². The summed E-state index contributed by atoms with van der Waals surface area (Å²) in [7, 11) is 1.49. The molecule has 2 aromatic rings. The van der Waals surface area contributed by atoms with Gasteiger partial charge in [-0.25, -0.2) is 4.98 Å². The van der Waals surface area contributed by atoms with Gasteiger partial charge in [-0.15, -0.1) is 4.57 Å². The predicted octanol–water partition coefficient (Wildman–Crippen LogP) is 1.82. The fourth-order valence-electron chi connectivity index (χ4n) is 1.94. The zero-order valence-corrected chi connectivity index (χ0v) is 12.7. The van der Waals surface area contributed by atoms with Gasteiger partial charge in [-0.2, -0.15) is 0 Å². The second-order valence-electron chi connectivity index (χ2n) is 4.47. The van der Waals surface area contributed by atoms with Crippen molar-refractivity contribution in [2.45, 2.75) is 13.5 Å². The fraction of sp³-hybridized carbons (Fsp3) is 0.231. The minimum atomic E-state index is -0.555. The van der Waals surface area contributed by atoms with E-state index >= 15 is 0 Å². The predicted molar refractivity (Wildman–Crippen MR) is 79.0 cm³/mol. The maximum absolute atomic E-state index is 12.0. The molecular weight excluding hydrogens is 312 g/mol. The Labute approximate surface area is 130 Å². The first-order valence-corrected chi connectivity index (χ1v) is 6.65. The zero-order valence-electron chi connectivity index (χ0n) is 11.9. The number of aromatic nitrogens is 2. The van der Waals surface area contributed by atoms with Gasteiger partial charge in [0.15, 0.2) is 6.54 Å². The maximum Gasteiger partial charge on any atom is 0.434 e. The van der Waals surface area contributed by atoms with Gasteiger partial charge in [0.05, 0.1) is 19.1 Å². The van der Waals surface area contributed by atoms with Crippen LogP contribution in [0.15, 0.2) is 24.4 Å². The summed E-state index contributed by atoms with van der Waals surface area (Å²) in [6.45, 7) is 1.46. The smallest absolute Gasteiger partial charge is 0.434 e. The molecule has 0 unspecified atom stereocenters. The number of methoxy groups -OCH3 is 1. The highest BCUT2D eigenvalue weighted by Gasteiger charge is 2.26. The van der Waals surface area contributed by atoms with Crippen LogP contribution in [0, 0.1) is 17.0 Å². The molecule has 1 aromatic carbocycles. The Balaban J connectivity index is 2.12. The standard InChI is InChI=1S/C13H13ClN4O4/c1-8-15-6-13(18(20)21)17(8)7-12(19)16-9-3-4-11(22-2)10(14)5-9/h3-6H,7H2,1-2H3,(H,16,19)/p+1. The third-order valence-corrected chi connectivity index (χ3v) is 3.31. The lowest BCUT2D eigenvalue weighted by atomic mass is 10.3. The molecule has 8 nitrogen and oxygen atoms in total. The minimum Gasteiger partial charge on any atom is -0.495 e. The van der Waals surface area contributed by atoms with E-state index in [0.29, 0.717) is 22.3 Å². The summed E-state index contributed by atoms with van der Waals surface area (Å²) >= 11 is 5.97. The largest absolute Gasteiger partial charge is 0.495 e. The van der Waals surface area contributed by atoms with Crippen LogP contribution < -0.4 is 14.6 Å². The second kappa shape index (κ2) is 6.44. The molecule has 116 valence electrons. The molecule has 1 heterocycles. The lowest BCUT2D eigenvalue weighted by Gasteiger charge is -2.07. The number of H-pyrrole nitrogens is 1. The third-order valence-electron chi connectivity index (χ3n) is 3.02. The number of carbonyl (C=O) groups is 1. The van der Waals surface area contributed by atoms with Crippen LogP contribution in [-0.4, -0.2) is 22.9 Å². The van der Waals surface area contributed by atoms with Crippen LogP contribution in [0.1, 0.15) is 5.82 Å². The van der Waals surface area contributed by atoms with Gasteiger partial charge in [-0.3, -0.25) is 4.79 Å². The van der Waals surface area contributed by atoms with Gasteiger partial charge >= 0.3 is 11.6 Å². The van der Waals surface area contributed by atoms with Crippen molar-refractivity contribution in [3.05, 3.63) is 45.4 Å². The highest BCUT2D eigenvalue weighted by atomic mass is 35.5. The van der Waals surface area contributed by atoms with Crippen molar-refractivity contribution in [2.24, 2.45) is 0 Å². The van der Waals surface area contributed by atoms with Crippen molar-refractivity contribution >= 4 is 29.0 Å². The third kappa shape index (κ3) is 3.34. The summed E-state index contributed by atoms with van der Waals surface area (Å²) in [4.78, 5) is 25.1. The summed E-state index contributed by atoms with van der Waals surface area (Å²) in [6, 6.07) is 4.79. The molecule has 1 amide bonds. The highest BCUT2D eigenvalue weighted by molar-refractivity contribution is 6.32. The topological polar surface area (TPSA) is 101 Å². The number of aromatic amines is 1. The van der Waals surface area contributed by atoms with E-state index in [0.717, 1.165) is 0 Å². The van der Waals surface area contributed by atoms with Crippen LogP contribution in [0.4, 0.5) is 11.5 Å². The van der Waals surface area contributed by atoms with Crippen LogP contribution in [-0.2, 0) is 11.3 Å². The number of rotatable bonds is 5. The molecule has 9 heteroatoms. The van der Waals surface area contributed by atoms with E-state index in [1.165, 1.54) is 17.9 Å². The van der Waals surface area contributed by atoms with Gasteiger partial charge in [0.2, 0.25) is 6.20 Å². The first-order chi connectivity index (χ1) is 10.4. The summed E-state index contributed by atoms with van der Waals surface area (Å²) in [5.41, 5.74) is 0.479. The number of halogens is 1. The number of hydrogen-bond donors (Lipinski definition) is 2. The zero-order chi connectivity index (χ0) is 16.3. The van der Waals surface area contributed by atoms with Gasteiger partial charge in [0.1, 0.15) is 5.75 Å². The van der Waals surface area contributed by atoms with Gasteiger partial charge in [-0.05, 0) is 18.2 Å². The Hall–Kier alpha value is -2.61. The van der Waals surface area contributed by atoms with Crippen LogP contribution in [0.3, 0.4) is 0 Å². The monoisotopic (exact) mass is 325 g/mol. The molecule has 1 aromatic heterocycles. The fourth-order valence-corrected chi connectivity index (χ4v) is 2.19. The van der Waals surface area contributed by atoms with Crippen LogP contribution in [0.5, 0.6) is 5.75 Å². The molecular formula is C13H14ClN4O4+. The normalized spacial score (nSPS) is 10.3. The molecule has 0 spiro atoms. The summed E-state index contributed by atoms with van der Waals surface area (Å²) < 4.78 is 6.30. The van der Waals surface area contributed by atoms with Crippen molar-refractivity contribution in [1.82, 2.24) is 4.98 Å². The molecule has 0 aliphatic heterocycles. The lowest BCUT2D eigenvalue weighted by Crippen LogP contribution is -2.43. The Kier molecular flexibility index (Phi) is 4.62. The van der Waals surface area contributed by atoms with E-state index in [1.54, 1.807) is 25.1 Å². The van der Waals surface area contributed by atoms with Gasteiger partial charge < -0.3 is 20.2 Å². The molecule has 2 rings (SSSR count). The quantitative estimate of drug-likeness (QED) is 0.497. The van der Waals surface area contributed by atoms with E-state index in [-0.39, 0.29) is 12.4 Å². The van der Waals surface area contributed by atoms with Crippen molar-refractivity contribution < 1.29 is 19.0 Å². The Bertz CT molecular complexity index is 729.